The van der Waals surface area contributed by atoms with Crippen LogP contribution in [0.1, 0.15) is 15.9 Å². The Hall–Kier alpha value is -2.41. The van der Waals surface area contributed by atoms with Crippen molar-refractivity contribution in [3.63, 3.8) is 0 Å². The highest BCUT2D eigenvalue weighted by Gasteiger charge is 2.19. The van der Waals surface area contributed by atoms with E-state index in [9.17, 15) is 18.0 Å². The van der Waals surface area contributed by atoms with Crippen molar-refractivity contribution in [3.8, 4) is 0 Å². The summed E-state index contributed by atoms with van der Waals surface area (Å²) in [6, 6.07) is 6.93. The van der Waals surface area contributed by atoms with Crippen molar-refractivity contribution in [1.82, 2.24) is 0 Å². The number of amides is 1. The summed E-state index contributed by atoms with van der Waals surface area (Å²) in [6.07, 6.45) is 0. The summed E-state index contributed by atoms with van der Waals surface area (Å²) in [5.74, 6) is -4.66. The predicted molar refractivity (Wildman–Crippen MR) is 76.6 cm³/mol. The summed E-state index contributed by atoms with van der Waals surface area (Å²) in [5, 5.41) is 2.30. The summed E-state index contributed by atoms with van der Waals surface area (Å²) < 4.78 is 39.7. The second-order valence-electron chi connectivity index (χ2n) is 4.14. The van der Waals surface area contributed by atoms with Crippen LogP contribution >= 0.6 is 12.2 Å². The molecule has 0 bridgehead atoms. The van der Waals surface area contributed by atoms with Gasteiger partial charge in [0, 0.05) is 23.4 Å². The number of nitrogens with one attached hydrogen (secondary N) is 1. The van der Waals surface area contributed by atoms with E-state index in [1.807, 2.05) is 0 Å². The highest BCUT2D eigenvalue weighted by Crippen LogP contribution is 2.17. The van der Waals surface area contributed by atoms with E-state index in [4.69, 9.17) is 18.0 Å². The highest BCUT2D eigenvalue weighted by atomic mass is 32.1. The molecule has 0 spiro atoms. The Balaban J connectivity index is 2.24. The van der Waals surface area contributed by atoms with Gasteiger partial charge < -0.3 is 11.1 Å². The number of nitrogens with two attached hydrogens (primary N) is 1. The first kappa shape index (κ1) is 15.0. The van der Waals surface area contributed by atoms with E-state index in [0.29, 0.717) is 23.4 Å². The zero-order chi connectivity index (χ0) is 15.6. The van der Waals surface area contributed by atoms with E-state index in [1.165, 1.54) is 12.1 Å². The molecule has 0 aromatic heterocycles. The molecule has 0 fully saturated rings. The molecule has 2 aromatic rings. The lowest BCUT2D eigenvalue weighted by atomic mass is 10.1. The van der Waals surface area contributed by atoms with Crippen molar-refractivity contribution >= 4 is 28.8 Å². The molecule has 2 rings (SSSR count). The smallest absolute Gasteiger partial charge is 0.261 e. The van der Waals surface area contributed by atoms with Gasteiger partial charge in [0.25, 0.3) is 5.91 Å². The molecule has 0 heterocycles. The molecule has 0 aliphatic rings. The Bertz CT molecular complexity index is 694. The number of carbonyl (C=O) groups excluding carboxylic acids is 1. The molecule has 3 N–H and O–H groups in total. The maximum absolute atomic E-state index is 13.5. The lowest BCUT2D eigenvalue weighted by molar-refractivity contribution is 0.101. The van der Waals surface area contributed by atoms with Gasteiger partial charge >= 0.3 is 0 Å². The molecule has 0 saturated heterocycles. The monoisotopic (exact) mass is 310 g/mol. The number of hydrogen-bond acceptors (Lipinski definition) is 2. The van der Waals surface area contributed by atoms with Crippen LogP contribution < -0.4 is 11.1 Å². The molecule has 0 atom stereocenters. The fourth-order valence-electron chi connectivity index (χ4n) is 1.67. The van der Waals surface area contributed by atoms with E-state index >= 15 is 0 Å². The summed E-state index contributed by atoms with van der Waals surface area (Å²) in [6.45, 7) is 0. The first-order chi connectivity index (χ1) is 9.88. The van der Waals surface area contributed by atoms with Gasteiger partial charge in [-0.2, -0.15) is 0 Å². The van der Waals surface area contributed by atoms with E-state index in [2.05, 4.69) is 5.32 Å². The molecule has 3 nitrogen and oxygen atoms in total. The van der Waals surface area contributed by atoms with Crippen LogP contribution in [0.4, 0.5) is 18.9 Å². The van der Waals surface area contributed by atoms with Gasteiger partial charge in [-0.1, -0.05) is 12.2 Å². The molecule has 1 amide bonds. The first-order valence-corrected chi connectivity index (χ1v) is 6.15. The van der Waals surface area contributed by atoms with E-state index in [-0.39, 0.29) is 4.99 Å². The zero-order valence-electron chi connectivity index (χ0n) is 10.5. The Labute approximate surface area is 123 Å². The molecule has 108 valence electrons. The normalized spacial score (nSPS) is 10.2. The number of rotatable bonds is 3. The summed E-state index contributed by atoms with van der Waals surface area (Å²) in [5.41, 5.74) is 5.45. The van der Waals surface area contributed by atoms with Gasteiger partial charge in [-0.05, 0) is 24.3 Å². The summed E-state index contributed by atoms with van der Waals surface area (Å²) in [4.78, 5) is 12.0. The summed E-state index contributed by atoms with van der Waals surface area (Å²) >= 11 is 4.77. The molecule has 0 aliphatic heterocycles. The Morgan fingerprint density at radius 2 is 1.57 bits per heavy atom. The van der Waals surface area contributed by atoms with Gasteiger partial charge in [-0.3, -0.25) is 4.79 Å². The van der Waals surface area contributed by atoms with Crippen molar-refractivity contribution in [1.29, 1.82) is 0 Å². The minimum Gasteiger partial charge on any atom is -0.389 e. The van der Waals surface area contributed by atoms with Gasteiger partial charge in [0.05, 0.1) is 0 Å². The third-order valence-electron chi connectivity index (χ3n) is 2.66. The fourth-order valence-corrected chi connectivity index (χ4v) is 1.81. The van der Waals surface area contributed by atoms with Gasteiger partial charge in [0.15, 0.2) is 0 Å². The maximum Gasteiger partial charge on any atom is 0.261 e. The third kappa shape index (κ3) is 3.38. The van der Waals surface area contributed by atoms with Crippen molar-refractivity contribution in [2.75, 3.05) is 5.32 Å². The molecule has 0 unspecified atom stereocenters. The Morgan fingerprint density at radius 1 is 1.05 bits per heavy atom. The van der Waals surface area contributed by atoms with Crippen LogP contribution in [0.3, 0.4) is 0 Å². The number of benzene rings is 2. The first-order valence-electron chi connectivity index (χ1n) is 5.74. The van der Waals surface area contributed by atoms with Crippen LogP contribution in [0, 0.1) is 17.5 Å². The van der Waals surface area contributed by atoms with Crippen LogP contribution in [0.5, 0.6) is 0 Å². The molecule has 7 heteroatoms. The lowest BCUT2D eigenvalue weighted by Crippen LogP contribution is -2.16. The van der Waals surface area contributed by atoms with Crippen LogP contribution in [0.15, 0.2) is 36.4 Å². The van der Waals surface area contributed by atoms with Crippen molar-refractivity contribution in [2.24, 2.45) is 5.73 Å². The van der Waals surface area contributed by atoms with Gasteiger partial charge in [0.1, 0.15) is 28.0 Å². The quantitative estimate of drug-likeness (QED) is 0.857. The van der Waals surface area contributed by atoms with Crippen LogP contribution in [0.2, 0.25) is 0 Å². The lowest BCUT2D eigenvalue weighted by Gasteiger charge is -2.08. The van der Waals surface area contributed by atoms with E-state index in [0.717, 1.165) is 0 Å². The maximum atomic E-state index is 13.5. The minimum absolute atomic E-state index is 0.184. The second kappa shape index (κ2) is 5.92. The third-order valence-corrected chi connectivity index (χ3v) is 2.90. The van der Waals surface area contributed by atoms with Gasteiger partial charge in [-0.15, -0.1) is 0 Å². The molecule has 0 radical (unpaired) electrons. The zero-order valence-corrected chi connectivity index (χ0v) is 11.3. The van der Waals surface area contributed by atoms with Crippen molar-refractivity contribution < 1.29 is 18.0 Å². The standard InChI is InChI=1S/C14H9F3N2OS/c15-8-5-10(16)12(11(17)6-8)14(20)19-9-3-1-7(2-4-9)13(18)21/h1-6H,(H2,18,21)(H,19,20). The minimum atomic E-state index is -1.27. The molecule has 2 aromatic carbocycles. The number of carbonyl (C=O) groups is 1. The SMILES string of the molecule is NC(=S)c1ccc(NC(=O)c2c(F)cc(F)cc2F)cc1. The number of hydrogen-bond donors (Lipinski definition) is 2. The molecular formula is C14H9F3N2OS. The van der Waals surface area contributed by atoms with Crippen molar-refractivity contribution in [2.45, 2.75) is 0 Å². The van der Waals surface area contributed by atoms with Crippen LogP contribution in [-0.2, 0) is 0 Å². The molecular weight excluding hydrogens is 301 g/mol. The highest BCUT2D eigenvalue weighted by molar-refractivity contribution is 7.80. The van der Waals surface area contributed by atoms with E-state index < -0.39 is 28.9 Å². The number of anilines is 1. The average Bonchev–Trinajstić information content (AvgIpc) is 2.37. The fraction of sp³-hybridized carbons (Fsp3) is 0. The van der Waals surface area contributed by atoms with E-state index in [1.54, 1.807) is 12.1 Å². The topological polar surface area (TPSA) is 55.1 Å². The van der Waals surface area contributed by atoms with Gasteiger partial charge in [-0.25, -0.2) is 13.2 Å². The van der Waals surface area contributed by atoms with Crippen LogP contribution in [0.25, 0.3) is 0 Å². The predicted octanol–water partition coefficient (Wildman–Crippen LogP) is 2.99. The molecule has 21 heavy (non-hydrogen) atoms. The number of thiocarbonyl (C=S) groups is 1. The molecule has 0 aliphatic carbocycles. The van der Waals surface area contributed by atoms with Crippen molar-refractivity contribution in [3.05, 3.63) is 65.0 Å². The largest absolute Gasteiger partial charge is 0.389 e. The Kier molecular flexibility index (Phi) is 4.23. The molecule has 0 saturated carbocycles. The van der Waals surface area contributed by atoms with Crippen LogP contribution in [-0.4, -0.2) is 10.9 Å². The average molecular weight is 310 g/mol. The van der Waals surface area contributed by atoms with Gasteiger partial charge in [0.2, 0.25) is 0 Å². The second-order valence-corrected chi connectivity index (χ2v) is 4.58. The Morgan fingerprint density at radius 3 is 2.05 bits per heavy atom. The summed E-state index contributed by atoms with van der Waals surface area (Å²) in [7, 11) is 0. The number of halogens is 3.